The van der Waals surface area contributed by atoms with E-state index in [2.05, 4.69) is 33.2 Å². The Balaban J connectivity index is 1.98. The molecule has 0 aromatic heterocycles. The van der Waals surface area contributed by atoms with Crippen molar-refractivity contribution < 1.29 is 14.3 Å². The van der Waals surface area contributed by atoms with Gasteiger partial charge in [0.15, 0.2) is 0 Å². The van der Waals surface area contributed by atoms with E-state index in [0.717, 1.165) is 9.26 Å². The van der Waals surface area contributed by atoms with Crippen LogP contribution < -0.4 is 20.1 Å². The second kappa shape index (κ2) is 7.88. The average Bonchev–Trinajstić information content (AvgIpc) is 2.53. The van der Waals surface area contributed by atoms with Gasteiger partial charge in [-0.05, 0) is 34.7 Å². The lowest BCUT2D eigenvalue weighted by Gasteiger charge is -2.11. The molecule has 6 heteroatoms. The molecule has 0 saturated heterocycles. The number of carbonyl (C=O) groups excluding carboxylic acids is 1. The molecule has 0 bridgehead atoms. The zero-order valence-electron chi connectivity index (χ0n) is 12.4. The minimum atomic E-state index is -0.144. The molecule has 2 N–H and O–H groups in total. The van der Waals surface area contributed by atoms with E-state index in [0.29, 0.717) is 17.2 Å². The summed E-state index contributed by atoms with van der Waals surface area (Å²) >= 11 is 2.22. The van der Waals surface area contributed by atoms with Crippen molar-refractivity contribution in [2.45, 2.75) is 0 Å². The predicted molar refractivity (Wildman–Crippen MR) is 95.8 cm³/mol. The number of benzene rings is 2. The Bertz CT molecular complexity index is 639. The van der Waals surface area contributed by atoms with Crippen LogP contribution in [0, 0.1) is 3.57 Å². The number of hydrogen-bond donors (Lipinski definition) is 2. The molecule has 2 rings (SSSR count). The molecule has 0 aliphatic rings. The highest BCUT2D eigenvalue weighted by Crippen LogP contribution is 2.25. The zero-order valence-corrected chi connectivity index (χ0v) is 14.5. The van der Waals surface area contributed by atoms with E-state index in [1.54, 1.807) is 32.4 Å². The summed E-state index contributed by atoms with van der Waals surface area (Å²) in [6, 6.07) is 13.0. The fourth-order valence-corrected chi connectivity index (χ4v) is 2.44. The number of anilines is 2. The van der Waals surface area contributed by atoms with Crippen LogP contribution in [0.25, 0.3) is 0 Å². The molecule has 0 atom stereocenters. The van der Waals surface area contributed by atoms with E-state index in [4.69, 9.17) is 9.47 Å². The summed E-state index contributed by atoms with van der Waals surface area (Å²) in [6.07, 6.45) is 0. The first-order valence-corrected chi connectivity index (χ1v) is 7.71. The van der Waals surface area contributed by atoms with Crippen LogP contribution >= 0.6 is 22.6 Å². The summed E-state index contributed by atoms with van der Waals surface area (Å²) in [5, 5.41) is 5.93. The van der Waals surface area contributed by atoms with Gasteiger partial charge in [-0.2, -0.15) is 0 Å². The van der Waals surface area contributed by atoms with Gasteiger partial charge in [0.05, 0.1) is 20.8 Å². The van der Waals surface area contributed by atoms with Gasteiger partial charge < -0.3 is 20.1 Å². The summed E-state index contributed by atoms with van der Waals surface area (Å²) in [5.41, 5.74) is 1.56. The van der Waals surface area contributed by atoms with Crippen molar-refractivity contribution >= 4 is 39.9 Å². The highest BCUT2D eigenvalue weighted by molar-refractivity contribution is 14.1. The number of para-hydroxylation sites is 1. The van der Waals surface area contributed by atoms with Crippen LogP contribution in [0.15, 0.2) is 42.5 Å². The Morgan fingerprint density at radius 1 is 1.09 bits per heavy atom. The molecule has 0 heterocycles. The Kier molecular flexibility index (Phi) is 5.88. The van der Waals surface area contributed by atoms with Gasteiger partial charge in [-0.15, -0.1) is 0 Å². The monoisotopic (exact) mass is 412 g/mol. The van der Waals surface area contributed by atoms with E-state index in [9.17, 15) is 4.79 Å². The third-order valence-electron chi connectivity index (χ3n) is 2.95. The van der Waals surface area contributed by atoms with Crippen LogP contribution in [0.5, 0.6) is 11.5 Å². The molecule has 2 aromatic carbocycles. The summed E-state index contributed by atoms with van der Waals surface area (Å²) in [7, 11) is 3.14. The largest absolute Gasteiger partial charge is 0.497 e. The summed E-state index contributed by atoms with van der Waals surface area (Å²) in [5.74, 6) is 1.11. The lowest BCUT2D eigenvalue weighted by atomic mass is 10.2. The van der Waals surface area contributed by atoms with Crippen molar-refractivity contribution in [1.82, 2.24) is 0 Å². The number of rotatable bonds is 6. The van der Waals surface area contributed by atoms with Gasteiger partial charge in [-0.3, -0.25) is 4.79 Å². The Morgan fingerprint density at radius 3 is 2.32 bits per heavy atom. The molecule has 0 aliphatic heterocycles. The highest BCUT2D eigenvalue weighted by atomic mass is 127. The van der Waals surface area contributed by atoms with Crippen molar-refractivity contribution in [2.75, 3.05) is 31.4 Å². The van der Waals surface area contributed by atoms with E-state index in [1.807, 2.05) is 24.3 Å². The number of ether oxygens (including phenoxy) is 2. The first kappa shape index (κ1) is 16.4. The van der Waals surface area contributed by atoms with Gasteiger partial charge in [-0.25, -0.2) is 0 Å². The van der Waals surface area contributed by atoms with E-state index < -0.39 is 0 Å². The number of halogens is 1. The Labute approximate surface area is 143 Å². The summed E-state index contributed by atoms with van der Waals surface area (Å²) in [6.45, 7) is 0.180. The quantitative estimate of drug-likeness (QED) is 0.715. The van der Waals surface area contributed by atoms with Crippen molar-refractivity contribution in [3.63, 3.8) is 0 Å². The molecule has 5 nitrogen and oxygen atoms in total. The number of nitrogens with one attached hydrogen (secondary N) is 2. The standard InChI is InChI=1S/C16H17IN2O3/c1-21-12-7-11(8-13(9-12)22-2)19-16(20)10-18-15-6-4-3-5-14(15)17/h3-9,18H,10H2,1-2H3,(H,19,20). The number of carbonyl (C=O) groups is 1. The van der Waals surface area contributed by atoms with Crippen LogP contribution in [0.4, 0.5) is 11.4 Å². The SMILES string of the molecule is COc1cc(NC(=O)CNc2ccccc2I)cc(OC)c1. The molecule has 116 valence electrons. The molecule has 22 heavy (non-hydrogen) atoms. The lowest BCUT2D eigenvalue weighted by Crippen LogP contribution is -2.22. The minimum Gasteiger partial charge on any atom is -0.497 e. The highest BCUT2D eigenvalue weighted by Gasteiger charge is 2.07. The van der Waals surface area contributed by atoms with E-state index in [1.165, 1.54) is 0 Å². The number of hydrogen-bond acceptors (Lipinski definition) is 4. The van der Waals surface area contributed by atoms with E-state index in [-0.39, 0.29) is 12.5 Å². The van der Waals surface area contributed by atoms with Gasteiger partial charge in [0, 0.05) is 33.1 Å². The average molecular weight is 412 g/mol. The third-order valence-corrected chi connectivity index (χ3v) is 3.89. The maximum Gasteiger partial charge on any atom is 0.243 e. The van der Waals surface area contributed by atoms with Gasteiger partial charge in [-0.1, -0.05) is 12.1 Å². The minimum absolute atomic E-state index is 0.144. The van der Waals surface area contributed by atoms with Crippen LogP contribution in [0.1, 0.15) is 0 Å². The van der Waals surface area contributed by atoms with Crippen LogP contribution in [-0.4, -0.2) is 26.7 Å². The maximum absolute atomic E-state index is 12.0. The Hall–Kier alpha value is -1.96. The third kappa shape index (κ3) is 4.52. The second-order valence-electron chi connectivity index (χ2n) is 4.48. The molecule has 2 aromatic rings. The zero-order chi connectivity index (χ0) is 15.9. The molecule has 1 amide bonds. The number of methoxy groups -OCH3 is 2. The molecule has 0 fully saturated rings. The van der Waals surface area contributed by atoms with Crippen LogP contribution in [0.3, 0.4) is 0 Å². The van der Waals surface area contributed by atoms with Gasteiger partial charge >= 0.3 is 0 Å². The molecule has 0 unspecified atom stereocenters. The molecule has 0 aliphatic carbocycles. The molecule has 0 spiro atoms. The van der Waals surface area contributed by atoms with E-state index >= 15 is 0 Å². The molecule has 0 saturated carbocycles. The summed E-state index contributed by atoms with van der Waals surface area (Å²) in [4.78, 5) is 12.0. The first-order chi connectivity index (χ1) is 10.6. The van der Waals surface area contributed by atoms with Crippen LogP contribution in [-0.2, 0) is 4.79 Å². The van der Waals surface area contributed by atoms with Crippen molar-refractivity contribution in [3.8, 4) is 11.5 Å². The van der Waals surface area contributed by atoms with Crippen molar-refractivity contribution in [3.05, 3.63) is 46.0 Å². The van der Waals surface area contributed by atoms with Crippen LogP contribution in [0.2, 0.25) is 0 Å². The van der Waals surface area contributed by atoms with Crippen molar-refractivity contribution in [2.24, 2.45) is 0 Å². The molecular weight excluding hydrogens is 395 g/mol. The molecule has 0 radical (unpaired) electrons. The Morgan fingerprint density at radius 2 is 1.73 bits per heavy atom. The van der Waals surface area contributed by atoms with Gasteiger partial charge in [0.2, 0.25) is 5.91 Å². The summed E-state index contributed by atoms with van der Waals surface area (Å²) < 4.78 is 11.4. The fourth-order valence-electron chi connectivity index (χ4n) is 1.86. The second-order valence-corrected chi connectivity index (χ2v) is 5.65. The smallest absolute Gasteiger partial charge is 0.243 e. The first-order valence-electron chi connectivity index (χ1n) is 6.63. The lowest BCUT2D eigenvalue weighted by molar-refractivity contribution is -0.114. The normalized spacial score (nSPS) is 9.95. The topological polar surface area (TPSA) is 59.6 Å². The fraction of sp³-hybridized carbons (Fsp3) is 0.188. The predicted octanol–water partition coefficient (Wildman–Crippen LogP) is 3.36. The molecular formula is C16H17IN2O3. The number of amides is 1. The van der Waals surface area contributed by atoms with Gasteiger partial charge in [0.1, 0.15) is 11.5 Å². The maximum atomic E-state index is 12.0. The van der Waals surface area contributed by atoms with Crippen molar-refractivity contribution in [1.29, 1.82) is 0 Å². The van der Waals surface area contributed by atoms with Gasteiger partial charge in [0.25, 0.3) is 0 Å².